The zero-order valence-electron chi connectivity index (χ0n) is 11.3. The van der Waals surface area contributed by atoms with Gasteiger partial charge < -0.3 is 19.9 Å². The molecule has 0 heterocycles. The minimum atomic E-state index is -0.701. The molecule has 0 fully saturated rings. The Bertz CT molecular complexity index is 181. The summed E-state index contributed by atoms with van der Waals surface area (Å²) in [5, 5.41) is 13.2. The molecule has 1 atom stereocenters. The quantitative estimate of drug-likeness (QED) is 0.587. The number of nitrogens with one attached hydrogen (secondary N) is 1. The molecule has 0 rings (SSSR count). The number of methoxy groups -OCH3 is 2. The summed E-state index contributed by atoms with van der Waals surface area (Å²) in [6.45, 7) is 7.92. The first-order chi connectivity index (χ1) is 7.33. The Morgan fingerprint density at radius 1 is 1.12 bits per heavy atom. The van der Waals surface area contributed by atoms with E-state index in [0.717, 1.165) is 13.0 Å². The molecular weight excluding hydrogens is 206 g/mol. The molecule has 0 saturated heterocycles. The van der Waals surface area contributed by atoms with Gasteiger partial charge in [-0.2, -0.15) is 0 Å². The van der Waals surface area contributed by atoms with Crippen LogP contribution in [0.25, 0.3) is 0 Å². The Hall–Kier alpha value is -0.160. The fourth-order valence-corrected chi connectivity index (χ4v) is 1.26. The van der Waals surface area contributed by atoms with E-state index in [0.29, 0.717) is 19.6 Å². The van der Waals surface area contributed by atoms with Crippen molar-refractivity contribution in [1.82, 2.24) is 5.32 Å². The SMILES string of the molecule is COCCC(C)(O)CNCCC(C)(C)OC. The second kappa shape index (κ2) is 7.22. The van der Waals surface area contributed by atoms with Gasteiger partial charge in [-0.3, -0.25) is 0 Å². The van der Waals surface area contributed by atoms with Crippen molar-refractivity contribution < 1.29 is 14.6 Å². The first-order valence-electron chi connectivity index (χ1n) is 5.80. The summed E-state index contributed by atoms with van der Waals surface area (Å²) in [6, 6.07) is 0. The normalized spacial score (nSPS) is 16.1. The van der Waals surface area contributed by atoms with Crippen molar-refractivity contribution in [3.63, 3.8) is 0 Å². The molecule has 1 unspecified atom stereocenters. The highest BCUT2D eigenvalue weighted by Gasteiger charge is 2.20. The highest BCUT2D eigenvalue weighted by Crippen LogP contribution is 2.12. The van der Waals surface area contributed by atoms with Crippen LogP contribution in [-0.2, 0) is 9.47 Å². The number of aliphatic hydroxyl groups is 1. The molecule has 98 valence electrons. The topological polar surface area (TPSA) is 50.7 Å². The van der Waals surface area contributed by atoms with Gasteiger partial charge in [0.15, 0.2) is 0 Å². The Kier molecular flexibility index (Phi) is 7.15. The predicted molar refractivity (Wildman–Crippen MR) is 65.7 cm³/mol. The van der Waals surface area contributed by atoms with Crippen molar-refractivity contribution in [2.24, 2.45) is 0 Å². The molecule has 16 heavy (non-hydrogen) atoms. The molecule has 0 aromatic heterocycles. The summed E-state index contributed by atoms with van der Waals surface area (Å²) in [7, 11) is 3.36. The summed E-state index contributed by atoms with van der Waals surface area (Å²) < 4.78 is 10.3. The largest absolute Gasteiger partial charge is 0.389 e. The summed E-state index contributed by atoms with van der Waals surface area (Å²) >= 11 is 0. The molecule has 0 amide bonds. The van der Waals surface area contributed by atoms with Crippen molar-refractivity contribution in [2.45, 2.75) is 44.8 Å². The minimum absolute atomic E-state index is 0.106. The van der Waals surface area contributed by atoms with Gasteiger partial charge >= 0.3 is 0 Å². The van der Waals surface area contributed by atoms with Gasteiger partial charge in [0.05, 0.1) is 11.2 Å². The predicted octanol–water partition coefficient (Wildman–Crippen LogP) is 1.18. The van der Waals surface area contributed by atoms with Crippen LogP contribution in [0.3, 0.4) is 0 Å². The number of hydrogen-bond donors (Lipinski definition) is 2. The zero-order chi connectivity index (χ0) is 12.7. The van der Waals surface area contributed by atoms with Crippen LogP contribution in [0.15, 0.2) is 0 Å². The van der Waals surface area contributed by atoms with E-state index in [1.807, 2.05) is 6.92 Å². The van der Waals surface area contributed by atoms with Gasteiger partial charge in [0.25, 0.3) is 0 Å². The maximum Gasteiger partial charge on any atom is 0.0765 e. The first kappa shape index (κ1) is 15.8. The molecule has 0 bridgehead atoms. The second-order valence-corrected chi connectivity index (χ2v) is 5.13. The van der Waals surface area contributed by atoms with Crippen molar-refractivity contribution in [3.05, 3.63) is 0 Å². The Labute approximate surface area is 99.3 Å². The average Bonchev–Trinajstić information content (AvgIpc) is 2.22. The van der Waals surface area contributed by atoms with Crippen LogP contribution in [-0.4, -0.2) is 50.2 Å². The molecular formula is C12H27NO3. The van der Waals surface area contributed by atoms with E-state index in [-0.39, 0.29) is 5.60 Å². The van der Waals surface area contributed by atoms with E-state index in [1.165, 1.54) is 0 Å². The maximum absolute atomic E-state index is 9.96. The lowest BCUT2D eigenvalue weighted by Crippen LogP contribution is -2.40. The van der Waals surface area contributed by atoms with Crippen LogP contribution in [0.1, 0.15) is 33.6 Å². The molecule has 0 aliphatic carbocycles. The van der Waals surface area contributed by atoms with E-state index >= 15 is 0 Å². The van der Waals surface area contributed by atoms with Crippen LogP contribution in [0.4, 0.5) is 0 Å². The van der Waals surface area contributed by atoms with E-state index in [4.69, 9.17) is 9.47 Å². The number of hydrogen-bond acceptors (Lipinski definition) is 4. The molecule has 0 aliphatic rings. The van der Waals surface area contributed by atoms with E-state index in [1.54, 1.807) is 14.2 Å². The van der Waals surface area contributed by atoms with Gasteiger partial charge in [0.1, 0.15) is 0 Å². The lowest BCUT2D eigenvalue weighted by atomic mass is 10.0. The third-order valence-corrected chi connectivity index (χ3v) is 2.81. The van der Waals surface area contributed by atoms with E-state index in [2.05, 4.69) is 19.2 Å². The maximum atomic E-state index is 9.96. The third kappa shape index (κ3) is 8.05. The van der Waals surface area contributed by atoms with Crippen LogP contribution < -0.4 is 5.32 Å². The van der Waals surface area contributed by atoms with Gasteiger partial charge in [-0.25, -0.2) is 0 Å². The van der Waals surface area contributed by atoms with Crippen LogP contribution in [0, 0.1) is 0 Å². The lowest BCUT2D eigenvalue weighted by Gasteiger charge is -2.26. The van der Waals surface area contributed by atoms with Crippen molar-refractivity contribution >= 4 is 0 Å². The Morgan fingerprint density at radius 2 is 1.75 bits per heavy atom. The number of ether oxygens (including phenoxy) is 2. The summed E-state index contributed by atoms with van der Waals surface area (Å²) in [5.74, 6) is 0. The van der Waals surface area contributed by atoms with Crippen molar-refractivity contribution in [2.75, 3.05) is 33.9 Å². The van der Waals surface area contributed by atoms with Gasteiger partial charge in [0, 0.05) is 33.8 Å². The van der Waals surface area contributed by atoms with E-state index < -0.39 is 5.60 Å². The van der Waals surface area contributed by atoms with Crippen molar-refractivity contribution in [1.29, 1.82) is 0 Å². The minimum Gasteiger partial charge on any atom is -0.389 e. The van der Waals surface area contributed by atoms with Gasteiger partial charge in [-0.1, -0.05) is 0 Å². The van der Waals surface area contributed by atoms with Crippen molar-refractivity contribution in [3.8, 4) is 0 Å². The Morgan fingerprint density at radius 3 is 2.25 bits per heavy atom. The fraction of sp³-hybridized carbons (Fsp3) is 1.00. The highest BCUT2D eigenvalue weighted by molar-refractivity contribution is 4.76. The van der Waals surface area contributed by atoms with Crippen LogP contribution in [0.2, 0.25) is 0 Å². The smallest absolute Gasteiger partial charge is 0.0765 e. The highest BCUT2D eigenvalue weighted by atomic mass is 16.5. The Balaban J connectivity index is 3.64. The van der Waals surface area contributed by atoms with Gasteiger partial charge in [-0.15, -0.1) is 0 Å². The van der Waals surface area contributed by atoms with E-state index in [9.17, 15) is 5.11 Å². The monoisotopic (exact) mass is 233 g/mol. The second-order valence-electron chi connectivity index (χ2n) is 5.13. The molecule has 4 nitrogen and oxygen atoms in total. The zero-order valence-corrected chi connectivity index (χ0v) is 11.3. The molecule has 0 saturated carbocycles. The van der Waals surface area contributed by atoms with Gasteiger partial charge in [0.2, 0.25) is 0 Å². The molecule has 4 heteroatoms. The lowest BCUT2D eigenvalue weighted by molar-refractivity contribution is 0.00810. The summed E-state index contributed by atoms with van der Waals surface area (Å²) in [5.41, 5.74) is -0.807. The average molecular weight is 233 g/mol. The molecule has 0 spiro atoms. The number of rotatable bonds is 9. The third-order valence-electron chi connectivity index (χ3n) is 2.81. The standard InChI is InChI=1S/C12H27NO3/c1-11(2,16-5)6-8-13-10-12(3,14)7-9-15-4/h13-14H,6-10H2,1-5H3. The molecule has 0 radical (unpaired) electrons. The summed E-state index contributed by atoms with van der Waals surface area (Å²) in [6.07, 6.45) is 1.56. The summed E-state index contributed by atoms with van der Waals surface area (Å²) in [4.78, 5) is 0. The van der Waals surface area contributed by atoms with Gasteiger partial charge in [-0.05, 0) is 33.7 Å². The molecule has 2 N–H and O–H groups in total. The molecule has 0 aromatic rings. The van der Waals surface area contributed by atoms with Crippen LogP contribution >= 0.6 is 0 Å². The molecule has 0 aromatic carbocycles. The fourth-order valence-electron chi connectivity index (χ4n) is 1.26. The van der Waals surface area contributed by atoms with Crippen LogP contribution in [0.5, 0.6) is 0 Å². The first-order valence-corrected chi connectivity index (χ1v) is 5.80. The molecule has 0 aliphatic heterocycles.